The van der Waals surface area contributed by atoms with Gasteiger partial charge in [-0.3, -0.25) is 0 Å². The van der Waals surface area contributed by atoms with Gasteiger partial charge >= 0.3 is 0 Å². The third kappa shape index (κ3) is 4.28. The van der Waals surface area contributed by atoms with Gasteiger partial charge in [0.15, 0.2) is 0 Å². The van der Waals surface area contributed by atoms with Crippen LogP contribution in [0.15, 0.2) is 54.8 Å². The van der Waals surface area contributed by atoms with Gasteiger partial charge in [0.1, 0.15) is 11.6 Å². The molecule has 0 unspecified atom stereocenters. The van der Waals surface area contributed by atoms with Crippen LogP contribution in [0.3, 0.4) is 0 Å². The summed E-state index contributed by atoms with van der Waals surface area (Å²) >= 11 is 0. The third-order valence-corrected chi connectivity index (χ3v) is 5.04. The van der Waals surface area contributed by atoms with Gasteiger partial charge in [-0.1, -0.05) is 24.8 Å². The Labute approximate surface area is 163 Å². The molecular formula is C22H24F2N4. The maximum atomic E-state index is 14.4. The maximum absolute atomic E-state index is 14.4. The maximum Gasteiger partial charge on any atom is 0.148 e. The highest BCUT2D eigenvalue weighted by Crippen LogP contribution is 2.50. The summed E-state index contributed by atoms with van der Waals surface area (Å²) in [7, 11) is 1.88. The molecular weight excluding hydrogens is 358 g/mol. The number of hydrogen-bond donors (Lipinski definition) is 4. The average Bonchev–Trinajstić information content (AvgIpc) is 3.44. The molecule has 146 valence electrons. The van der Waals surface area contributed by atoms with Gasteiger partial charge in [0.05, 0.1) is 11.4 Å². The molecule has 5 N–H and O–H groups in total. The summed E-state index contributed by atoms with van der Waals surface area (Å²) in [5.74, 6) is -0.810. The van der Waals surface area contributed by atoms with Crippen LogP contribution in [0.25, 0.3) is 6.08 Å². The van der Waals surface area contributed by atoms with Crippen LogP contribution in [0.1, 0.15) is 24.0 Å². The molecule has 28 heavy (non-hydrogen) atoms. The Hall–Kier alpha value is -2.99. The smallest absolute Gasteiger partial charge is 0.148 e. The largest absolute Gasteiger partial charge is 0.398 e. The Morgan fingerprint density at radius 3 is 2.54 bits per heavy atom. The van der Waals surface area contributed by atoms with Crippen LogP contribution >= 0.6 is 0 Å². The summed E-state index contributed by atoms with van der Waals surface area (Å²) < 4.78 is 27.4. The summed E-state index contributed by atoms with van der Waals surface area (Å²) in [5.41, 5.74) is 8.35. The minimum atomic E-state index is -0.488. The standard InChI is InChI=1S/C22H24F2N4/c1-14(22(9-10-22)13-27-2)28-21-11-17(20(26)12-18(21)24)19(25)8-5-15-3-6-16(23)7-4-15/h3-8,11-12,25,27-28H,1,9-10,13,26H2,2H3/b8-5+,25-19?. The van der Waals surface area contributed by atoms with E-state index < -0.39 is 5.82 Å². The zero-order valence-corrected chi connectivity index (χ0v) is 15.8. The van der Waals surface area contributed by atoms with E-state index in [4.69, 9.17) is 11.1 Å². The molecule has 6 heteroatoms. The molecule has 1 aliphatic carbocycles. The quantitative estimate of drug-likeness (QED) is 0.400. The van der Waals surface area contributed by atoms with Crippen LogP contribution < -0.4 is 16.4 Å². The van der Waals surface area contributed by atoms with Gasteiger partial charge < -0.3 is 21.8 Å². The van der Waals surface area contributed by atoms with E-state index in [1.807, 2.05) is 7.05 Å². The molecule has 2 aromatic rings. The second-order valence-corrected chi connectivity index (χ2v) is 7.13. The van der Waals surface area contributed by atoms with Crippen LogP contribution in [0.2, 0.25) is 0 Å². The number of nitrogen functional groups attached to an aromatic ring is 1. The highest BCUT2D eigenvalue weighted by atomic mass is 19.1. The number of hydrogen-bond acceptors (Lipinski definition) is 4. The summed E-state index contributed by atoms with van der Waals surface area (Å²) in [5, 5.41) is 14.5. The predicted octanol–water partition coefficient (Wildman–Crippen LogP) is 4.55. The molecule has 0 heterocycles. The Kier molecular flexibility index (Phi) is 5.61. The lowest BCUT2D eigenvalue weighted by Gasteiger charge is -2.21. The van der Waals surface area contributed by atoms with Gasteiger partial charge in [-0.25, -0.2) is 8.78 Å². The Bertz CT molecular complexity index is 928. The van der Waals surface area contributed by atoms with E-state index in [1.54, 1.807) is 24.3 Å². The van der Waals surface area contributed by atoms with Gasteiger partial charge in [0.25, 0.3) is 0 Å². The first kappa shape index (κ1) is 19.8. The Balaban J connectivity index is 1.79. The molecule has 0 atom stereocenters. The average molecular weight is 382 g/mol. The van der Waals surface area contributed by atoms with Crippen molar-refractivity contribution in [2.24, 2.45) is 5.41 Å². The molecule has 0 saturated heterocycles. The van der Waals surface area contributed by atoms with Crippen LogP contribution in [0.5, 0.6) is 0 Å². The van der Waals surface area contributed by atoms with Crippen molar-refractivity contribution in [3.05, 3.63) is 77.5 Å². The van der Waals surface area contributed by atoms with Crippen molar-refractivity contribution in [2.75, 3.05) is 24.6 Å². The van der Waals surface area contributed by atoms with Gasteiger partial charge in [-0.05, 0) is 55.8 Å². The first-order chi connectivity index (χ1) is 13.3. The highest BCUT2D eigenvalue weighted by molar-refractivity contribution is 6.12. The second kappa shape index (κ2) is 7.94. The lowest BCUT2D eigenvalue weighted by atomic mass is 10.0. The van der Waals surface area contributed by atoms with E-state index in [0.29, 0.717) is 5.56 Å². The van der Waals surface area contributed by atoms with Gasteiger partial charge in [0, 0.05) is 28.9 Å². The Morgan fingerprint density at radius 2 is 1.93 bits per heavy atom. The van der Waals surface area contributed by atoms with Crippen LogP contribution in [-0.4, -0.2) is 19.3 Å². The van der Waals surface area contributed by atoms with Crippen molar-refractivity contribution in [2.45, 2.75) is 12.8 Å². The molecule has 1 fully saturated rings. The molecule has 0 aliphatic heterocycles. The Morgan fingerprint density at radius 1 is 1.25 bits per heavy atom. The topological polar surface area (TPSA) is 73.9 Å². The van der Waals surface area contributed by atoms with Crippen molar-refractivity contribution in [3.63, 3.8) is 0 Å². The number of rotatable bonds is 8. The predicted molar refractivity (Wildman–Crippen MR) is 111 cm³/mol. The number of allylic oxidation sites excluding steroid dienone is 1. The van der Waals surface area contributed by atoms with E-state index in [-0.39, 0.29) is 28.3 Å². The van der Waals surface area contributed by atoms with E-state index in [1.165, 1.54) is 24.3 Å². The summed E-state index contributed by atoms with van der Waals surface area (Å²) in [4.78, 5) is 0. The van der Waals surface area contributed by atoms with Gasteiger partial charge in [-0.2, -0.15) is 0 Å². The van der Waals surface area contributed by atoms with Gasteiger partial charge in [-0.15, -0.1) is 0 Å². The van der Waals surface area contributed by atoms with Crippen molar-refractivity contribution < 1.29 is 8.78 Å². The van der Waals surface area contributed by atoms with E-state index >= 15 is 0 Å². The van der Waals surface area contributed by atoms with Crippen molar-refractivity contribution >= 4 is 23.2 Å². The monoisotopic (exact) mass is 382 g/mol. The van der Waals surface area contributed by atoms with Gasteiger partial charge in [0.2, 0.25) is 0 Å². The molecule has 0 aromatic heterocycles. The van der Waals surface area contributed by atoms with E-state index in [2.05, 4.69) is 17.2 Å². The van der Waals surface area contributed by atoms with Crippen molar-refractivity contribution in [1.29, 1.82) is 5.41 Å². The van der Waals surface area contributed by atoms with Crippen LogP contribution in [0, 0.1) is 22.5 Å². The molecule has 2 aromatic carbocycles. The summed E-state index contributed by atoms with van der Waals surface area (Å²) in [6.45, 7) is 4.85. The van der Waals surface area contributed by atoms with Crippen molar-refractivity contribution in [1.82, 2.24) is 5.32 Å². The zero-order valence-electron chi connectivity index (χ0n) is 15.8. The number of nitrogens with two attached hydrogens (primary N) is 1. The van der Waals surface area contributed by atoms with E-state index in [0.717, 1.165) is 30.6 Å². The fourth-order valence-corrected chi connectivity index (χ4v) is 3.13. The number of halogens is 2. The SMILES string of the molecule is C=C(Nc1cc(C(=N)/C=C/c2ccc(F)cc2)c(N)cc1F)C1(CNC)CC1. The lowest BCUT2D eigenvalue weighted by molar-refractivity contribution is 0.562. The zero-order chi connectivity index (χ0) is 20.3. The van der Waals surface area contributed by atoms with E-state index in [9.17, 15) is 8.78 Å². The molecule has 0 bridgehead atoms. The molecule has 0 amide bonds. The molecule has 1 saturated carbocycles. The molecule has 1 aliphatic rings. The molecule has 4 nitrogen and oxygen atoms in total. The second-order valence-electron chi connectivity index (χ2n) is 7.13. The van der Waals surface area contributed by atoms with Crippen molar-refractivity contribution in [3.8, 4) is 0 Å². The number of nitrogens with one attached hydrogen (secondary N) is 3. The first-order valence-electron chi connectivity index (χ1n) is 9.07. The third-order valence-electron chi connectivity index (χ3n) is 5.04. The van der Waals surface area contributed by atoms with Crippen LogP contribution in [0.4, 0.5) is 20.2 Å². The lowest BCUT2D eigenvalue weighted by Crippen LogP contribution is -2.25. The highest BCUT2D eigenvalue weighted by Gasteiger charge is 2.44. The fraction of sp³-hybridized carbons (Fsp3) is 0.227. The number of anilines is 2. The normalized spacial score (nSPS) is 14.8. The fourth-order valence-electron chi connectivity index (χ4n) is 3.13. The summed E-state index contributed by atoms with van der Waals surface area (Å²) in [6.07, 6.45) is 5.24. The molecule has 0 radical (unpaired) electrons. The minimum Gasteiger partial charge on any atom is -0.398 e. The van der Waals surface area contributed by atoms with Crippen LogP contribution in [-0.2, 0) is 0 Å². The number of benzene rings is 2. The minimum absolute atomic E-state index is 0.0568. The molecule has 0 spiro atoms. The molecule has 3 rings (SSSR count). The first-order valence-corrected chi connectivity index (χ1v) is 9.07. The summed E-state index contributed by atoms with van der Waals surface area (Å²) in [6, 6.07) is 8.66.